The van der Waals surface area contributed by atoms with E-state index >= 15 is 0 Å². The van der Waals surface area contributed by atoms with E-state index < -0.39 is 11.9 Å². The average Bonchev–Trinajstić information content (AvgIpc) is 2.47. The maximum Gasteiger partial charge on any atom is 0.336 e. The van der Waals surface area contributed by atoms with Crippen LogP contribution in [0.3, 0.4) is 0 Å². The van der Waals surface area contributed by atoms with Crippen molar-refractivity contribution in [1.29, 1.82) is 0 Å². The van der Waals surface area contributed by atoms with E-state index in [0.717, 1.165) is 10.0 Å². The summed E-state index contributed by atoms with van der Waals surface area (Å²) in [6.45, 7) is 1.85. The quantitative estimate of drug-likeness (QED) is 0.887. The highest BCUT2D eigenvalue weighted by atomic mass is 79.9. The number of carbonyl (C=O) groups is 2. The van der Waals surface area contributed by atoms with Crippen molar-refractivity contribution in [3.63, 3.8) is 0 Å². The Hall–Kier alpha value is -2.14. The maximum absolute atomic E-state index is 12.2. The summed E-state index contributed by atoms with van der Waals surface area (Å²) in [5.74, 6) is -1.51. The van der Waals surface area contributed by atoms with Gasteiger partial charge in [-0.3, -0.25) is 4.79 Å². The second kappa shape index (κ2) is 6.54. The molecule has 0 fully saturated rings. The van der Waals surface area contributed by atoms with Gasteiger partial charge < -0.3 is 10.4 Å². The van der Waals surface area contributed by atoms with Crippen LogP contribution in [-0.4, -0.2) is 17.0 Å². The van der Waals surface area contributed by atoms with Gasteiger partial charge in [-0.25, -0.2) is 4.79 Å². The summed E-state index contributed by atoms with van der Waals surface area (Å²) in [6.07, 6.45) is 0. The molecule has 0 bridgehead atoms. The first-order chi connectivity index (χ1) is 9.99. The zero-order valence-electron chi connectivity index (χ0n) is 11.3. The van der Waals surface area contributed by atoms with Gasteiger partial charge in [0.05, 0.1) is 17.2 Å². The number of amides is 1. The predicted molar refractivity (Wildman–Crippen MR) is 83.4 cm³/mol. The average molecular weight is 348 g/mol. The van der Waals surface area contributed by atoms with Gasteiger partial charge in [0.25, 0.3) is 5.91 Å². The topological polar surface area (TPSA) is 66.4 Å². The van der Waals surface area contributed by atoms with Gasteiger partial charge in [-0.15, -0.1) is 0 Å². The number of carboxylic acid groups (broad SMARTS) is 1. The third-order valence-electron chi connectivity index (χ3n) is 3.12. The second-order valence-electron chi connectivity index (χ2n) is 4.60. The van der Waals surface area contributed by atoms with Crippen LogP contribution < -0.4 is 5.32 Å². The van der Waals surface area contributed by atoms with Crippen molar-refractivity contribution in [2.75, 3.05) is 0 Å². The van der Waals surface area contributed by atoms with Crippen LogP contribution in [0.2, 0.25) is 0 Å². The van der Waals surface area contributed by atoms with Crippen LogP contribution in [0.5, 0.6) is 0 Å². The number of benzene rings is 2. The Bertz CT molecular complexity index is 667. The lowest BCUT2D eigenvalue weighted by Crippen LogP contribution is -2.28. The summed E-state index contributed by atoms with van der Waals surface area (Å²) in [5.41, 5.74) is 1.10. The molecule has 108 valence electrons. The van der Waals surface area contributed by atoms with Gasteiger partial charge in [0.2, 0.25) is 0 Å². The summed E-state index contributed by atoms with van der Waals surface area (Å²) in [5, 5.41) is 11.9. The fourth-order valence-corrected chi connectivity index (χ4v) is 2.24. The van der Waals surface area contributed by atoms with Crippen molar-refractivity contribution in [1.82, 2.24) is 5.32 Å². The lowest BCUT2D eigenvalue weighted by atomic mass is 10.0. The molecular formula is C16H14BrNO3. The predicted octanol–water partition coefficient (Wildman–Crippen LogP) is 3.64. The molecule has 4 nitrogen and oxygen atoms in total. The van der Waals surface area contributed by atoms with E-state index in [2.05, 4.69) is 21.2 Å². The molecule has 1 atom stereocenters. The minimum absolute atomic E-state index is 0.00185. The number of nitrogens with one attached hydrogen (secondary N) is 1. The van der Waals surface area contributed by atoms with Gasteiger partial charge in [0.1, 0.15) is 0 Å². The van der Waals surface area contributed by atoms with E-state index in [1.165, 1.54) is 12.1 Å². The number of hydrogen-bond acceptors (Lipinski definition) is 2. The van der Waals surface area contributed by atoms with E-state index in [-0.39, 0.29) is 17.2 Å². The number of hydrogen-bond donors (Lipinski definition) is 2. The Morgan fingerprint density at radius 3 is 2.19 bits per heavy atom. The van der Waals surface area contributed by atoms with E-state index in [9.17, 15) is 9.59 Å². The third kappa shape index (κ3) is 3.70. The Balaban J connectivity index is 2.18. The minimum atomic E-state index is -1.11. The number of aromatic carboxylic acids is 1. The smallest absolute Gasteiger partial charge is 0.336 e. The van der Waals surface area contributed by atoms with Crippen molar-refractivity contribution in [2.24, 2.45) is 0 Å². The summed E-state index contributed by atoms with van der Waals surface area (Å²) >= 11 is 3.35. The van der Waals surface area contributed by atoms with Gasteiger partial charge in [0.15, 0.2) is 0 Å². The standard InChI is InChI=1S/C16H14BrNO3/c1-10(11-6-8-12(17)9-7-11)18-15(19)13-4-2-3-5-14(13)16(20)21/h2-10H,1H3,(H,18,19)(H,20,21)/t10-/m1/s1. The van der Waals surface area contributed by atoms with Crippen molar-refractivity contribution < 1.29 is 14.7 Å². The Morgan fingerprint density at radius 2 is 1.62 bits per heavy atom. The van der Waals surface area contributed by atoms with Crippen LogP contribution in [0.4, 0.5) is 0 Å². The second-order valence-corrected chi connectivity index (χ2v) is 5.51. The zero-order valence-corrected chi connectivity index (χ0v) is 12.9. The molecule has 0 aromatic heterocycles. The molecule has 0 radical (unpaired) electrons. The van der Waals surface area contributed by atoms with Crippen molar-refractivity contribution in [3.8, 4) is 0 Å². The Kier molecular flexibility index (Phi) is 4.75. The minimum Gasteiger partial charge on any atom is -0.478 e. The van der Waals surface area contributed by atoms with Crippen LogP contribution in [0.15, 0.2) is 53.0 Å². The monoisotopic (exact) mass is 347 g/mol. The molecule has 0 aliphatic carbocycles. The molecule has 0 saturated carbocycles. The molecule has 21 heavy (non-hydrogen) atoms. The molecule has 2 rings (SSSR count). The molecule has 5 heteroatoms. The highest BCUT2D eigenvalue weighted by molar-refractivity contribution is 9.10. The first-order valence-corrected chi connectivity index (χ1v) is 7.17. The molecule has 0 heterocycles. The maximum atomic E-state index is 12.2. The third-order valence-corrected chi connectivity index (χ3v) is 3.65. The summed E-state index contributed by atoms with van der Waals surface area (Å²) in [7, 11) is 0. The number of carboxylic acids is 1. The number of halogens is 1. The van der Waals surface area contributed by atoms with E-state index in [1.54, 1.807) is 12.1 Å². The SMILES string of the molecule is C[C@@H](NC(=O)c1ccccc1C(=O)O)c1ccc(Br)cc1. The molecule has 2 aromatic carbocycles. The van der Waals surface area contributed by atoms with Crippen LogP contribution in [0.25, 0.3) is 0 Å². The van der Waals surface area contributed by atoms with Gasteiger partial charge >= 0.3 is 5.97 Å². The summed E-state index contributed by atoms with van der Waals surface area (Å²) in [6, 6.07) is 13.5. The summed E-state index contributed by atoms with van der Waals surface area (Å²) < 4.78 is 0.959. The molecule has 0 spiro atoms. The first-order valence-electron chi connectivity index (χ1n) is 6.37. The van der Waals surface area contributed by atoms with Gasteiger partial charge in [-0.2, -0.15) is 0 Å². The van der Waals surface area contributed by atoms with Crippen LogP contribution in [-0.2, 0) is 0 Å². The first kappa shape index (κ1) is 15.3. The normalized spacial score (nSPS) is 11.7. The molecular weight excluding hydrogens is 334 g/mol. The van der Waals surface area contributed by atoms with Crippen LogP contribution >= 0.6 is 15.9 Å². The fourth-order valence-electron chi connectivity index (χ4n) is 1.98. The molecule has 2 N–H and O–H groups in total. The van der Waals surface area contributed by atoms with Crippen molar-refractivity contribution in [3.05, 3.63) is 69.7 Å². The van der Waals surface area contributed by atoms with E-state index in [4.69, 9.17) is 5.11 Å². The Morgan fingerprint density at radius 1 is 1.05 bits per heavy atom. The lowest BCUT2D eigenvalue weighted by Gasteiger charge is -2.15. The fraction of sp³-hybridized carbons (Fsp3) is 0.125. The molecule has 0 unspecified atom stereocenters. The van der Waals surface area contributed by atoms with E-state index in [1.807, 2.05) is 31.2 Å². The van der Waals surface area contributed by atoms with Crippen molar-refractivity contribution >= 4 is 27.8 Å². The Labute approximate surface area is 130 Å². The largest absolute Gasteiger partial charge is 0.478 e. The number of rotatable bonds is 4. The lowest BCUT2D eigenvalue weighted by molar-refractivity contribution is 0.0690. The van der Waals surface area contributed by atoms with E-state index in [0.29, 0.717) is 0 Å². The molecule has 2 aromatic rings. The highest BCUT2D eigenvalue weighted by Gasteiger charge is 2.17. The van der Waals surface area contributed by atoms with Crippen LogP contribution in [0, 0.1) is 0 Å². The van der Waals surface area contributed by atoms with Gasteiger partial charge in [-0.1, -0.05) is 40.2 Å². The summed E-state index contributed by atoms with van der Waals surface area (Å²) in [4.78, 5) is 23.4. The zero-order chi connectivity index (χ0) is 15.4. The number of carbonyl (C=O) groups excluding carboxylic acids is 1. The van der Waals surface area contributed by atoms with Gasteiger partial charge in [-0.05, 0) is 36.8 Å². The molecule has 0 aliphatic heterocycles. The molecule has 0 saturated heterocycles. The van der Waals surface area contributed by atoms with Gasteiger partial charge in [0, 0.05) is 4.47 Å². The van der Waals surface area contributed by atoms with Crippen LogP contribution in [0.1, 0.15) is 39.2 Å². The molecule has 0 aliphatic rings. The van der Waals surface area contributed by atoms with Crippen molar-refractivity contribution in [2.45, 2.75) is 13.0 Å². The highest BCUT2D eigenvalue weighted by Crippen LogP contribution is 2.17. The molecule has 1 amide bonds.